The number of amides is 1. The number of imidazole rings is 1. The lowest BCUT2D eigenvalue weighted by molar-refractivity contribution is 0.102. The monoisotopic (exact) mass is 540 g/mol. The van der Waals surface area contributed by atoms with Gasteiger partial charge >= 0.3 is 0 Å². The first-order valence-electron chi connectivity index (χ1n) is 14.3. The van der Waals surface area contributed by atoms with Gasteiger partial charge < -0.3 is 24.8 Å². The van der Waals surface area contributed by atoms with E-state index in [0.29, 0.717) is 5.56 Å². The number of anilines is 2. The topological polar surface area (TPSA) is 76.7 Å². The normalized spacial score (nSPS) is 16.4. The van der Waals surface area contributed by atoms with Crippen LogP contribution in [0.3, 0.4) is 0 Å². The molecule has 0 bridgehead atoms. The number of H-pyrrole nitrogens is 1. The molecule has 2 saturated heterocycles. The van der Waals surface area contributed by atoms with Crippen molar-refractivity contribution in [3.05, 3.63) is 77.9 Å². The predicted octanol–water partition coefficient (Wildman–Crippen LogP) is 5.09. The molecule has 210 valence electrons. The summed E-state index contributed by atoms with van der Waals surface area (Å²) in [6.07, 6.45) is 0. The van der Waals surface area contributed by atoms with Crippen LogP contribution in [-0.4, -0.2) is 85.2 Å². The van der Waals surface area contributed by atoms with Crippen LogP contribution >= 0.6 is 0 Å². The lowest BCUT2D eigenvalue weighted by atomic mass is 10.1. The highest BCUT2D eigenvalue weighted by Crippen LogP contribution is 2.24. The van der Waals surface area contributed by atoms with Gasteiger partial charge in [0.15, 0.2) is 0 Å². The molecule has 0 atom stereocenters. The molecule has 0 radical (unpaired) electrons. The molecule has 8 heteroatoms. The molecule has 40 heavy (non-hydrogen) atoms. The maximum atomic E-state index is 12.9. The average Bonchev–Trinajstić information content (AvgIpc) is 3.44. The van der Waals surface area contributed by atoms with Crippen molar-refractivity contribution in [2.75, 3.05) is 69.7 Å². The van der Waals surface area contributed by atoms with Gasteiger partial charge in [-0.3, -0.25) is 9.69 Å². The van der Waals surface area contributed by atoms with Crippen LogP contribution in [0.5, 0.6) is 0 Å². The van der Waals surface area contributed by atoms with E-state index in [0.717, 1.165) is 92.8 Å². The summed E-state index contributed by atoms with van der Waals surface area (Å²) in [6, 6.07) is 22.2. The van der Waals surface area contributed by atoms with E-state index in [-0.39, 0.29) is 5.91 Å². The molecule has 3 heterocycles. The van der Waals surface area contributed by atoms with Crippen LogP contribution in [0.25, 0.3) is 22.4 Å². The Labute approximate surface area is 236 Å². The number of fused-ring (bicyclic) bond motifs is 1. The predicted molar refractivity (Wildman–Crippen MR) is 163 cm³/mol. The molecule has 0 spiro atoms. The molecule has 0 aliphatic carbocycles. The third kappa shape index (κ3) is 6.70. The number of rotatable bonds is 6. The molecule has 8 nitrogen and oxygen atoms in total. The van der Waals surface area contributed by atoms with Crippen molar-refractivity contribution in [1.29, 1.82) is 0 Å². The summed E-state index contributed by atoms with van der Waals surface area (Å²) < 4.78 is 5.42. The van der Waals surface area contributed by atoms with Crippen LogP contribution < -0.4 is 10.2 Å². The molecule has 2 aliphatic rings. The maximum absolute atomic E-state index is 12.9. The number of piperazine rings is 1. The molecule has 1 amide bonds. The number of morpholine rings is 1. The molecule has 2 N–H and O–H groups in total. The highest BCUT2D eigenvalue weighted by Gasteiger charge is 2.15. The molecular weight excluding hydrogens is 500 g/mol. The third-order valence-electron chi connectivity index (χ3n) is 7.47. The minimum absolute atomic E-state index is 0.131. The van der Waals surface area contributed by atoms with Gasteiger partial charge in [-0.2, -0.15) is 0 Å². The Morgan fingerprint density at radius 1 is 0.900 bits per heavy atom. The van der Waals surface area contributed by atoms with Crippen molar-refractivity contribution >= 4 is 28.3 Å². The Kier molecular flexibility index (Phi) is 9.11. The van der Waals surface area contributed by atoms with Gasteiger partial charge in [0.2, 0.25) is 0 Å². The summed E-state index contributed by atoms with van der Waals surface area (Å²) in [5.74, 6) is 0.696. The third-order valence-corrected chi connectivity index (χ3v) is 7.47. The van der Waals surface area contributed by atoms with E-state index in [4.69, 9.17) is 9.72 Å². The van der Waals surface area contributed by atoms with E-state index in [1.807, 2.05) is 56.3 Å². The van der Waals surface area contributed by atoms with Gasteiger partial charge in [0.05, 0.1) is 24.2 Å². The first-order valence-corrected chi connectivity index (χ1v) is 14.3. The zero-order chi connectivity index (χ0) is 27.9. The molecule has 2 aliphatic heterocycles. The Morgan fingerprint density at radius 3 is 2.30 bits per heavy atom. The Morgan fingerprint density at radius 2 is 1.60 bits per heavy atom. The van der Waals surface area contributed by atoms with Crippen LogP contribution in [0, 0.1) is 0 Å². The number of ether oxygens (including phenoxy) is 1. The lowest BCUT2D eigenvalue weighted by Gasteiger charge is -2.32. The van der Waals surface area contributed by atoms with Crippen LogP contribution in [0.1, 0.15) is 29.8 Å². The largest absolute Gasteiger partial charge is 0.378 e. The number of nitrogens with one attached hydrogen (secondary N) is 2. The summed E-state index contributed by atoms with van der Waals surface area (Å²) >= 11 is 0. The second-order valence-electron chi connectivity index (χ2n) is 10.2. The van der Waals surface area contributed by atoms with E-state index in [1.165, 1.54) is 5.56 Å². The SMILES string of the molecule is CC.CN1CCN(Cc2ccc(-c3nc4ccc(NC(=O)c5ccc(N6CCOCC6)cc5)cc4[nH]3)cc2)CC1. The van der Waals surface area contributed by atoms with E-state index in [2.05, 4.69) is 56.3 Å². The standard InChI is InChI=1S/C30H34N6O2.C2H6/c1-34-12-14-35(15-13-34)21-22-2-4-23(5-3-22)29-32-27-11-8-25(20-28(27)33-29)31-30(37)24-6-9-26(10-7-24)36-16-18-38-19-17-36;1-2/h2-11,20H,12-19,21H2,1H3,(H,31,37)(H,32,33);1-2H3. The highest BCUT2D eigenvalue weighted by molar-refractivity contribution is 6.05. The van der Waals surface area contributed by atoms with Crippen molar-refractivity contribution in [1.82, 2.24) is 19.8 Å². The summed E-state index contributed by atoms with van der Waals surface area (Å²) in [7, 11) is 2.18. The average molecular weight is 541 g/mol. The van der Waals surface area contributed by atoms with Gasteiger partial charge in [-0.1, -0.05) is 38.1 Å². The van der Waals surface area contributed by atoms with Crippen LogP contribution in [0.4, 0.5) is 11.4 Å². The van der Waals surface area contributed by atoms with Crippen molar-refractivity contribution in [3.8, 4) is 11.4 Å². The number of carbonyl (C=O) groups is 1. The molecule has 1 aromatic heterocycles. The molecule has 4 aromatic rings. The molecule has 0 saturated carbocycles. The first-order chi connectivity index (χ1) is 19.6. The number of hydrogen-bond acceptors (Lipinski definition) is 6. The Hall–Kier alpha value is -3.72. The van der Waals surface area contributed by atoms with E-state index in [1.54, 1.807) is 0 Å². The lowest BCUT2D eigenvalue weighted by Crippen LogP contribution is -2.43. The summed E-state index contributed by atoms with van der Waals surface area (Å²) in [5.41, 5.74) is 6.60. The number of nitrogens with zero attached hydrogens (tertiary/aromatic N) is 4. The van der Waals surface area contributed by atoms with Crippen LogP contribution in [0.15, 0.2) is 66.7 Å². The van der Waals surface area contributed by atoms with Crippen molar-refractivity contribution < 1.29 is 9.53 Å². The zero-order valence-electron chi connectivity index (χ0n) is 23.8. The fraction of sp³-hybridized carbons (Fsp3) is 0.375. The fourth-order valence-electron chi connectivity index (χ4n) is 5.10. The van der Waals surface area contributed by atoms with E-state index >= 15 is 0 Å². The highest BCUT2D eigenvalue weighted by atomic mass is 16.5. The number of aromatic amines is 1. The Balaban J connectivity index is 0.00000158. The first kappa shape index (κ1) is 27.8. The second kappa shape index (κ2) is 13.1. The van der Waals surface area contributed by atoms with Gasteiger partial charge in [-0.05, 0) is 55.1 Å². The van der Waals surface area contributed by atoms with Crippen molar-refractivity contribution in [2.24, 2.45) is 0 Å². The second-order valence-corrected chi connectivity index (χ2v) is 10.2. The van der Waals surface area contributed by atoms with Gasteiger partial charge in [0, 0.05) is 68.3 Å². The molecule has 2 fully saturated rings. The minimum Gasteiger partial charge on any atom is -0.378 e. The maximum Gasteiger partial charge on any atom is 0.255 e. The van der Waals surface area contributed by atoms with Crippen molar-refractivity contribution in [3.63, 3.8) is 0 Å². The molecule has 3 aromatic carbocycles. The van der Waals surface area contributed by atoms with Crippen LogP contribution in [0.2, 0.25) is 0 Å². The number of carbonyl (C=O) groups excluding carboxylic acids is 1. The fourth-order valence-corrected chi connectivity index (χ4v) is 5.10. The quantitative estimate of drug-likeness (QED) is 0.355. The van der Waals surface area contributed by atoms with E-state index in [9.17, 15) is 4.79 Å². The summed E-state index contributed by atoms with van der Waals surface area (Å²) in [6.45, 7) is 12.7. The zero-order valence-corrected chi connectivity index (χ0v) is 23.8. The molecular formula is C32H40N6O2. The minimum atomic E-state index is -0.131. The number of likely N-dealkylation sites (N-methyl/N-ethyl adjacent to an activating group) is 1. The molecule has 6 rings (SSSR count). The van der Waals surface area contributed by atoms with Gasteiger partial charge in [0.25, 0.3) is 5.91 Å². The van der Waals surface area contributed by atoms with Gasteiger partial charge in [-0.25, -0.2) is 4.98 Å². The summed E-state index contributed by atoms with van der Waals surface area (Å²) in [5, 5.41) is 3.02. The number of hydrogen-bond donors (Lipinski definition) is 2. The molecule has 0 unspecified atom stereocenters. The number of aromatic nitrogens is 2. The Bertz CT molecular complexity index is 1390. The van der Waals surface area contributed by atoms with Gasteiger partial charge in [0.1, 0.15) is 5.82 Å². The van der Waals surface area contributed by atoms with Crippen LogP contribution in [-0.2, 0) is 11.3 Å². The van der Waals surface area contributed by atoms with Crippen molar-refractivity contribution in [2.45, 2.75) is 20.4 Å². The summed E-state index contributed by atoms with van der Waals surface area (Å²) in [4.78, 5) is 28.2. The number of benzene rings is 3. The van der Waals surface area contributed by atoms with Gasteiger partial charge in [-0.15, -0.1) is 0 Å². The smallest absolute Gasteiger partial charge is 0.255 e. The van der Waals surface area contributed by atoms with E-state index < -0.39 is 0 Å².